The zero-order valence-corrected chi connectivity index (χ0v) is 13.8. The number of hydrogen-bond acceptors (Lipinski definition) is 2. The summed E-state index contributed by atoms with van der Waals surface area (Å²) in [5, 5.41) is 3.66. The predicted molar refractivity (Wildman–Crippen MR) is 89.9 cm³/mol. The summed E-state index contributed by atoms with van der Waals surface area (Å²) in [6, 6.07) is 15.2. The van der Waals surface area contributed by atoms with E-state index in [0.717, 1.165) is 36.2 Å². The van der Waals surface area contributed by atoms with Crippen LogP contribution in [0.4, 0.5) is 0 Å². The lowest BCUT2D eigenvalue weighted by Crippen LogP contribution is -2.23. The van der Waals surface area contributed by atoms with Crippen LogP contribution in [0.15, 0.2) is 46.9 Å². The molecule has 3 heteroatoms. The van der Waals surface area contributed by atoms with Crippen molar-refractivity contribution in [1.82, 2.24) is 5.32 Å². The molecule has 21 heavy (non-hydrogen) atoms. The van der Waals surface area contributed by atoms with E-state index >= 15 is 0 Å². The summed E-state index contributed by atoms with van der Waals surface area (Å²) in [6.07, 6.45) is 2.13. The van der Waals surface area contributed by atoms with Gasteiger partial charge < -0.3 is 10.1 Å². The van der Waals surface area contributed by atoms with E-state index in [-0.39, 0.29) is 6.04 Å². The molecule has 1 heterocycles. The molecule has 110 valence electrons. The minimum absolute atomic E-state index is 0.186. The van der Waals surface area contributed by atoms with Crippen molar-refractivity contribution in [3.8, 4) is 5.75 Å². The number of benzene rings is 2. The lowest BCUT2D eigenvalue weighted by molar-refractivity contribution is 0.350. The minimum Gasteiger partial charge on any atom is -0.493 e. The summed E-state index contributed by atoms with van der Waals surface area (Å²) >= 11 is 3.51. The van der Waals surface area contributed by atoms with E-state index in [4.69, 9.17) is 4.74 Å². The van der Waals surface area contributed by atoms with Gasteiger partial charge in [0.05, 0.1) is 12.6 Å². The van der Waals surface area contributed by atoms with E-state index in [1.54, 1.807) is 0 Å². The van der Waals surface area contributed by atoms with Gasteiger partial charge in [-0.3, -0.25) is 0 Å². The van der Waals surface area contributed by atoms with E-state index < -0.39 is 0 Å². The van der Waals surface area contributed by atoms with Crippen molar-refractivity contribution in [1.29, 1.82) is 0 Å². The van der Waals surface area contributed by atoms with Crippen LogP contribution in [0.2, 0.25) is 0 Å². The van der Waals surface area contributed by atoms with E-state index in [9.17, 15) is 0 Å². The second-order valence-corrected chi connectivity index (χ2v) is 6.29. The minimum atomic E-state index is 0.186. The third kappa shape index (κ3) is 3.14. The van der Waals surface area contributed by atoms with Crippen LogP contribution in [0.25, 0.3) is 0 Å². The first kappa shape index (κ1) is 14.6. The molecule has 2 nitrogen and oxygen atoms in total. The molecule has 1 aliphatic rings. The molecule has 3 rings (SSSR count). The number of hydrogen-bond donors (Lipinski definition) is 1. The van der Waals surface area contributed by atoms with Gasteiger partial charge in [0.1, 0.15) is 5.75 Å². The zero-order valence-electron chi connectivity index (χ0n) is 12.2. The summed E-state index contributed by atoms with van der Waals surface area (Å²) in [5.41, 5.74) is 3.85. The first-order valence-electron chi connectivity index (χ1n) is 7.53. The molecular weight excluding hydrogens is 326 g/mol. The highest BCUT2D eigenvalue weighted by molar-refractivity contribution is 9.10. The molecule has 0 aliphatic carbocycles. The van der Waals surface area contributed by atoms with Crippen molar-refractivity contribution in [2.24, 2.45) is 0 Å². The Balaban J connectivity index is 1.99. The molecule has 1 N–H and O–H groups in total. The molecular formula is C18H20BrNO. The molecule has 1 atom stereocenters. The normalized spacial score (nSPS) is 14.6. The average Bonchev–Trinajstić information content (AvgIpc) is 2.98. The maximum absolute atomic E-state index is 5.89. The Labute approximate surface area is 134 Å². The van der Waals surface area contributed by atoms with Gasteiger partial charge in [-0.1, -0.05) is 53.2 Å². The summed E-state index contributed by atoms with van der Waals surface area (Å²) in [5.74, 6) is 1.08. The predicted octanol–water partition coefficient (Wildman–Crippen LogP) is 4.47. The molecule has 2 aromatic rings. The quantitative estimate of drug-likeness (QED) is 0.862. The molecule has 0 amide bonds. The van der Waals surface area contributed by atoms with Crippen LogP contribution < -0.4 is 10.1 Å². The Kier molecular flexibility index (Phi) is 4.61. The largest absolute Gasteiger partial charge is 0.493 e. The number of fused-ring (bicyclic) bond motifs is 1. The number of rotatable bonds is 5. The molecule has 0 bridgehead atoms. The highest BCUT2D eigenvalue weighted by atomic mass is 79.9. The van der Waals surface area contributed by atoms with Crippen LogP contribution in [0.1, 0.15) is 36.1 Å². The smallest absolute Gasteiger partial charge is 0.127 e. The van der Waals surface area contributed by atoms with Gasteiger partial charge in [0.25, 0.3) is 0 Å². The third-order valence-electron chi connectivity index (χ3n) is 3.86. The maximum atomic E-state index is 5.89. The first-order chi connectivity index (χ1) is 10.3. The van der Waals surface area contributed by atoms with Crippen LogP contribution >= 0.6 is 15.9 Å². The molecule has 1 aliphatic heterocycles. The van der Waals surface area contributed by atoms with Gasteiger partial charge in [-0.2, -0.15) is 0 Å². The van der Waals surface area contributed by atoms with Crippen molar-refractivity contribution in [2.45, 2.75) is 25.8 Å². The zero-order chi connectivity index (χ0) is 14.7. The van der Waals surface area contributed by atoms with Gasteiger partial charge in [-0.15, -0.1) is 0 Å². The Bertz CT molecular complexity index is 609. The average molecular weight is 346 g/mol. The van der Waals surface area contributed by atoms with E-state index in [0.29, 0.717) is 0 Å². The molecule has 0 radical (unpaired) electrons. The van der Waals surface area contributed by atoms with Crippen molar-refractivity contribution in [2.75, 3.05) is 13.2 Å². The topological polar surface area (TPSA) is 21.3 Å². The van der Waals surface area contributed by atoms with Crippen LogP contribution in [-0.4, -0.2) is 13.2 Å². The fourth-order valence-corrected chi connectivity index (χ4v) is 3.08. The van der Waals surface area contributed by atoms with Crippen LogP contribution in [0.5, 0.6) is 5.75 Å². The van der Waals surface area contributed by atoms with Crippen molar-refractivity contribution >= 4 is 15.9 Å². The van der Waals surface area contributed by atoms with Gasteiger partial charge in [0.15, 0.2) is 0 Å². The number of halogens is 1. The molecule has 1 unspecified atom stereocenters. The van der Waals surface area contributed by atoms with Crippen molar-refractivity contribution in [3.63, 3.8) is 0 Å². The first-order valence-corrected chi connectivity index (χ1v) is 8.32. The highest BCUT2D eigenvalue weighted by Gasteiger charge is 2.22. The Morgan fingerprint density at radius 1 is 1.19 bits per heavy atom. The molecule has 2 aromatic carbocycles. The van der Waals surface area contributed by atoms with Crippen LogP contribution in [-0.2, 0) is 6.42 Å². The Morgan fingerprint density at radius 3 is 2.76 bits per heavy atom. The monoisotopic (exact) mass is 345 g/mol. The van der Waals surface area contributed by atoms with E-state index in [2.05, 4.69) is 70.6 Å². The summed E-state index contributed by atoms with van der Waals surface area (Å²) in [7, 11) is 0. The van der Waals surface area contributed by atoms with Gasteiger partial charge in [-0.25, -0.2) is 0 Å². The molecule has 0 saturated heterocycles. The summed E-state index contributed by atoms with van der Waals surface area (Å²) in [6.45, 7) is 3.98. The lowest BCUT2D eigenvalue weighted by atomic mass is 9.95. The van der Waals surface area contributed by atoms with Gasteiger partial charge in [0, 0.05) is 16.5 Å². The SMILES string of the molecule is CCCNC(c1ccc(Br)cc1)c1cccc2c1OCC2. The van der Waals surface area contributed by atoms with E-state index in [1.165, 1.54) is 16.7 Å². The van der Waals surface area contributed by atoms with Crippen molar-refractivity contribution < 1.29 is 4.74 Å². The second-order valence-electron chi connectivity index (χ2n) is 5.37. The summed E-state index contributed by atoms with van der Waals surface area (Å²) in [4.78, 5) is 0. The molecule has 0 fully saturated rings. The van der Waals surface area contributed by atoms with E-state index in [1.807, 2.05) is 0 Å². The molecule has 0 spiro atoms. The van der Waals surface area contributed by atoms with Crippen molar-refractivity contribution in [3.05, 3.63) is 63.6 Å². The fraction of sp³-hybridized carbons (Fsp3) is 0.333. The highest BCUT2D eigenvalue weighted by Crippen LogP contribution is 2.36. The van der Waals surface area contributed by atoms with Gasteiger partial charge >= 0.3 is 0 Å². The summed E-state index contributed by atoms with van der Waals surface area (Å²) < 4.78 is 6.99. The Morgan fingerprint density at radius 2 is 2.00 bits per heavy atom. The molecule has 0 aromatic heterocycles. The lowest BCUT2D eigenvalue weighted by Gasteiger charge is -2.22. The number of para-hydroxylation sites is 1. The number of ether oxygens (including phenoxy) is 1. The maximum Gasteiger partial charge on any atom is 0.127 e. The second kappa shape index (κ2) is 6.63. The standard InChI is InChI=1S/C18H20BrNO/c1-2-11-20-17(13-6-8-15(19)9-7-13)16-5-3-4-14-10-12-21-18(14)16/h3-9,17,20H,2,10-12H2,1H3. The fourth-order valence-electron chi connectivity index (χ4n) is 2.82. The molecule has 0 saturated carbocycles. The number of nitrogens with one attached hydrogen (secondary N) is 1. The van der Waals surface area contributed by atoms with Crippen LogP contribution in [0, 0.1) is 0 Å². The van der Waals surface area contributed by atoms with Gasteiger partial charge in [-0.05, 0) is 36.2 Å². The Hall–Kier alpha value is -1.32. The van der Waals surface area contributed by atoms with Gasteiger partial charge in [0.2, 0.25) is 0 Å². The van der Waals surface area contributed by atoms with Crippen LogP contribution in [0.3, 0.4) is 0 Å². The third-order valence-corrected chi connectivity index (χ3v) is 4.39.